The van der Waals surface area contributed by atoms with Crippen LogP contribution in [-0.4, -0.2) is 60.6 Å². The zero-order valence-corrected chi connectivity index (χ0v) is 17.9. The number of carbonyl (C=O) groups excluding carboxylic acids is 2. The number of benzene rings is 1. The Kier molecular flexibility index (Phi) is 8.23. The van der Waals surface area contributed by atoms with Crippen molar-refractivity contribution in [2.75, 3.05) is 39.6 Å². The number of hydrogen-bond donors (Lipinski definition) is 1. The summed E-state index contributed by atoms with van der Waals surface area (Å²) in [6.07, 6.45) is 5.57. The van der Waals surface area contributed by atoms with E-state index in [1.54, 1.807) is 25.2 Å². The number of imidazole rings is 1. The number of rotatable bonds is 9. The normalized spacial score (nSPS) is 15.8. The number of carbonyl (C=O) groups is 2. The van der Waals surface area contributed by atoms with Gasteiger partial charge < -0.3 is 14.2 Å². The van der Waals surface area contributed by atoms with Crippen LogP contribution in [0.5, 0.6) is 0 Å². The van der Waals surface area contributed by atoms with Crippen LogP contribution in [0.25, 0.3) is 11.0 Å². The molecule has 2 amide bonds. The lowest BCUT2D eigenvalue weighted by Gasteiger charge is -2.21. The van der Waals surface area contributed by atoms with Crippen molar-refractivity contribution in [3.63, 3.8) is 0 Å². The van der Waals surface area contributed by atoms with E-state index in [4.69, 9.17) is 20.6 Å². The summed E-state index contributed by atoms with van der Waals surface area (Å²) in [5, 5.41) is 2.30. The summed E-state index contributed by atoms with van der Waals surface area (Å²) >= 11 is 0. The van der Waals surface area contributed by atoms with Crippen LogP contribution in [0.1, 0.15) is 24.4 Å². The van der Waals surface area contributed by atoms with Gasteiger partial charge in [-0.15, -0.1) is 6.42 Å². The van der Waals surface area contributed by atoms with E-state index in [2.05, 4.69) is 23.1 Å². The van der Waals surface area contributed by atoms with Gasteiger partial charge in [0.2, 0.25) is 11.8 Å². The van der Waals surface area contributed by atoms with Crippen LogP contribution in [-0.2, 0) is 30.8 Å². The van der Waals surface area contributed by atoms with Gasteiger partial charge in [0.15, 0.2) is 0 Å². The molecular formula is C23H25N3O6. The van der Waals surface area contributed by atoms with E-state index in [1.807, 2.05) is 0 Å². The number of terminal acetylenes is 1. The second-order valence-electron chi connectivity index (χ2n) is 7.11. The van der Waals surface area contributed by atoms with Gasteiger partial charge in [0.05, 0.1) is 37.5 Å². The molecule has 1 aromatic carbocycles. The molecule has 1 atom stereocenters. The molecule has 1 unspecified atom stereocenters. The zero-order valence-electron chi connectivity index (χ0n) is 17.9. The maximum Gasteiger partial charge on any atom is 0.329 e. The lowest BCUT2D eigenvalue weighted by atomic mass is 10.1. The van der Waals surface area contributed by atoms with E-state index < -0.39 is 11.9 Å². The molecule has 0 spiro atoms. The largest absolute Gasteiger partial charge is 0.377 e. The maximum absolute atomic E-state index is 12.8. The van der Waals surface area contributed by atoms with Gasteiger partial charge in [-0.3, -0.25) is 24.0 Å². The van der Waals surface area contributed by atoms with Gasteiger partial charge in [-0.05, 0) is 24.6 Å². The fourth-order valence-corrected chi connectivity index (χ4v) is 3.40. The SMILES string of the molecule is C#CCOCCOCCOCC#Cc1ccc2c(c1)n(C)c(=O)n2C1CCC(=O)NC1=O. The fourth-order valence-electron chi connectivity index (χ4n) is 3.40. The Labute approximate surface area is 185 Å². The third-order valence-electron chi connectivity index (χ3n) is 4.95. The Morgan fingerprint density at radius 2 is 1.78 bits per heavy atom. The van der Waals surface area contributed by atoms with E-state index in [9.17, 15) is 14.4 Å². The molecule has 0 aliphatic carbocycles. The van der Waals surface area contributed by atoms with E-state index in [0.717, 1.165) is 5.56 Å². The summed E-state index contributed by atoms with van der Waals surface area (Å²) in [6.45, 7) is 2.26. The highest BCUT2D eigenvalue weighted by molar-refractivity contribution is 6.00. The van der Waals surface area contributed by atoms with Gasteiger partial charge in [-0.1, -0.05) is 17.8 Å². The van der Waals surface area contributed by atoms with Gasteiger partial charge in [0.1, 0.15) is 19.3 Å². The minimum atomic E-state index is -0.708. The second kappa shape index (κ2) is 11.3. The van der Waals surface area contributed by atoms with Crippen molar-refractivity contribution in [3.8, 4) is 24.2 Å². The molecule has 1 N–H and O–H groups in total. The van der Waals surface area contributed by atoms with Gasteiger partial charge in [-0.2, -0.15) is 0 Å². The number of imide groups is 1. The third-order valence-corrected chi connectivity index (χ3v) is 4.95. The molecule has 1 aliphatic rings. The van der Waals surface area contributed by atoms with Crippen LogP contribution < -0.4 is 11.0 Å². The van der Waals surface area contributed by atoms with E-state index in [-0.39, 0.29) is 31.2 Å². The number of nitrogens with one attached hydrogen (secondary N) is 1. The number of ether oxygens (including phenoxy) is 3. The smallest absolute Gasteiger partial charge is 0.329 e. The van der Waals surface area contributed by atoms with Crippen molar-refractivity contribution in [2.24, 2.45) is 7.05 Å². The topological polar surface area (TPSA) is 101 Å². The van der Waals surface area contributed by atoms with Crippen molar-refractivity contribution in [3.05, 3.63) is 34.2 Å². The molecule has 0 radical (unpaired) electrons. The molecule has 0 bridgehead atoms. The Balaban J connectivity index is 1.57. The summed E-state index contributed by atoms with van der Waals surface area (Å²) < 4.78 is 18.8. The highest BCUT2D eigenvalue weighted by atomic mass is 16.5. The molecule has 0 saturated carbocycles. The van der Waals surface area contributed by atoms with Crippen LogP contribution in [0.15, 0.2) is 23.0 Å². The van der Waals surface area contributed by atoms with Crippen LogP contribution in [0.4, 0.5) is 0 Å². The standard InChI is InChI=1S/C23H25N3O6/c1-3-10-30-12-14-32-15-13-31-11-4-5-17-6-7-18-20(16-17)25(2)23(29)26(18)19-8-9-21(27)24-22(19)28/h1,6-7,16,19H,8-15H2,2H3,(H,24,27,28). The molecule has 3 rings (SSSR count). The lowest BCUT2D eigenvalue weighted by molar-refractivity contribution is -0.135. The quantitative estimate of drug-likeness (QED) is 0.344. The predicted octanol–water partition coefficient (Wildman–Crippen LogP) is 0.352. The molecule has 168 valence electrons. The monoisotopic (exact) mass is 439 g/mol. The average molecular weight is 439 g/mol. The van der Waals surface area contributed by atoms with Gasteiger partial charge in [0, 0.05) is 19.0 Å². The summed E-state index contributed by atoms with van der Waals surface area (Å²) in [4.78, 5) is 36.4. The second-order valence-corrected chi connectivity index (χ2v) is 7.11. The molecule has 1 aromatic heterocycles. The van der Waals surface area contributed by atoms with Crippen molar-refractivity contribution < 1.29 is 23.8 Å². The number of aromatic nitrogens is 2. The molecule has 2 heterocycles. The van der Waals surface area contributed by atoms with Gasteiger partial charge in [-0.25, -0.2) is 4.79 Å². The minimum Gasteiger partial charge on any atom is -0.377 e. The lowest BCUT2D eigenvalue weighted by Crippen LogP contribution is -2.44. The first-order valence-electron chi connectivity index (χ1n) is 10.2. The number of fused-ring (bicyclic) bond motifs is 1. The third kappa shape index (κ3) is 5.65. The zero-order chi connectivity index (χ0) is 22.9. The van der Waals surface area contributed by atoms with E-state index in [1.165, 1.54) is 9.13 Å². The Morgan fingerprint density at radius 1 is 1.06 bits per heavy atom. The van der Waals surface area contributed by atoms with Crippen molar-refractivity contribution >= 4 is 22.8 Å². The molecule has 32 heavy (non-hydrogen) atoms. The molecular weight excluding hydrogens is 414 g/mol. The fraction of sp³-hybridized carbons (Fsp3) is 0.435. The summed E-state index contributed by atoms with van der Waals surface area (Å²) in [6, 6.07) is 4.64. The molecule has 2 aromatic rings. The first-order valence-corrected chi connectivity index (χ1v) is 10.2. The summed E-state index contributed by atoms with van der Waals surface area (Å²) in [5.74, 6) is 7.54. The number of aryl methyl sites for hydroxylation is 1. The average Bonchev–Trinajstić information content (AvgIpc) is 3.02. The van der Waals surface area contributed by atoms with Crippen molar-refractivity contribution in [2.45, 2.75) is 18.9 Å². The van der Waals surface area contributed by atoms with Crippen molar-refractivity contribution in [1.29, 1.82) is 0 Å². The molecule has 1 fully saturated rings. The first-order chi connectivity index (χ1) is 15.5. The summed E-state index contributed by atoms with van der Waals surface area (Å²) in [5.41, 5.74) is 1.69. The van der Waals surface area contributed by atoms with Crippen molar-refractivity contribution in [1.82, 2.24) is 14.5 Å². The van der Waals surface area contributed by atoms with Gasteiger partial charge in [0.25, 0.3) is 0 Å². The maximum atomic E-state index is 12.8. The minimum absolute atomic E-state index is 0.202. The van der Waals surface area contributed by atoms with Crippen LogP contribution in [0, 0.1) is 24.2 Å². The molecule has 1 aliphatic heterocycles. The molecule has 1 saturated heterocycles. The van der Waals surface area contributed by atoms with Gasteiger partial charge >= 0.3 is 5.69 Å². The number of amides is 2. The number of hydrogen-bond acceptors (Lipinski definition) is 6. The highest BCUT2D eigenvalue weighted by Crippen LogP contribution is 2.23. The molecule has 9 heteroatoms. The Hall–Kier alpha value is -3.37. The van der Waals surface area contributed by atoms with E-state index in [0.29, 0.717) is 43.9 Å². The van der Waals surface area contributed by atoms with Crippen LogP contribution >= 0.6 is 0 Å². The van der Waals surface area contributed by atoms with Crippen LogP contribution in [0.3, 0.4) is 0 Å². The van der Waals surface area contributed by atoms with Crippen LogP contribution in [0.2, 0.25) is 0 Å². The Morgan fingerprint density at radius 3 is 2.50 bits per heavy atom. The highest BCUT2D eigenvalue weighted by Gasteiger charge is 2.31. The first kappa shape index (κ1) is 23.3. The van der Waals surface area contributed by atoms with E-state index >= 15 is 0 Å². The number of piperidine rings is 1. The number of nitrogens with zero attached hydrogens (tertiary/aromatic N) is 2. The molecule has 9 nitrogen and oxygen atoms in total. The predicted molar refractivity (Wildman–Crippen MR) is 117 cm³/mol. The Bertz CT molecular complexity index is 1140. The summed E-state index contributed by atoms with van der Waals surface area (Å²) in [7, 11) is 1.64.